The van der Waals surface area contributed by atoms with Crippen molar-refractivity contribution in [2.45, 2.75) is 32.4 Å². The van der Waals surface area contributed by atoms with Gasteiger partial charge >= 0.3 is 0 Å². The zero-order valence-electron chi connectivity index (χ0n) is 13.6. The maximum Gasteiger partial charge on any atom is 0.234 e. The normalized spacial score (nSPS) is 18.6. The molecule has 1 aliphatic heterocycles. The molecule has 0 spiro atoms. The Kier molecular flexibility index (Phi) is 5.55. The molecule has 22 heavy (non-hydrogen) atoms. The van der Waals surface area contributed by atoms with E-state index >= 15 is 0 Å². The van der Waals surface area contributed by atoms with Crippen molar-refractivity contribution in [2.24, 2.45) is 0 Å². The summed E-state index contributed by atoms with van der Waals surface area (Å²) in [5.74, 6) is 0.171. The second kappa shape index (κ2) is 7.40. The van der Waals surface area contributed by atoms with Gasteiger partial charge in [-0.2, -0.15) is 0 Å². The molecule has 0 aromatic heterocycles. The highest BCUT2D eigenvalue weighted by Crippen LogP contribution is 2.10. The van der Waals surface area contributed by atoms with Crippen LogP contribution in [0.2, 0.25) is 0 Å². The van der Waals surface area contributed by atoms with Gasteiger partial charge in [0.1, 0.15) is 0 Å². The van der Waals surface area contributed by atoms with E-state index in [1.54, 1.807) is 11.9 Å². The van der Waals surface area contributed by atoms with Crippen molar-refractivity contribution in [3.05, 3.63) is 35.4 Å². The first-order valence-electron chi connectivity index (χ1n) is 7.71. The Morgan fingerprint density at radius 2 is 2.05 bits per heavy atom. The third-order valence-electron chi connectivity index (χ3n) is 3.98. The van der Waals surface area contributed by atoms with Crippen molar-refractivity contribution in [1.29, 1.82) is 0 Å². The van der Waals surface area contributed by atoms with E-state index in [0.717, 1.165) is 13.0 Å². The summed E-state index contributed by atoms with van der Waals surface area (Å²) in [5, 5.41) is 3.02. The fourth-order valence-corrected chi connectivity index (χ4v) is 2.71. The van der Waals surface area contributed by atoms with Crippen LogP contribution in [0.5, 0.6) is 0 Å². The van der Waals surface area contributed by atoms with Crippen molar-refractivity contribution in [3.63, 3.8) is 0 Å². The first-order valence-corrected chi connectivity index (χ1v) is 7.71. The van der Waals surface area contributed by atoms with Crippen LogP contribution in [0.1, 0.15) is 24.0 Å². The average molecular weight is 303 g/mol. The number of carbonyl (C=O) groups is 2. The lowest BCUT2D eigenvalue weighted by atomic mass is 10.1. The molecule has 1 aromatic carbocycles. The van der Waals surface area contributed by atoms with Crippen LogP contribution in [0, 0.1) is 6.92 Å². The first-order chi connectivity index (χ1) is 10.4. The van der Waals surface area contributed by atoms with E-state index < -0.39 is 0 Å². The molecule has 0 radical (unpaired) electrons. The summed E-state index contributed by atoms with van der Waals surface area (Å²) < 4.78 is 0. The summed E-state index contributed by atoms with van der Waals surface area (Å²) >= 11 is 0. The van der Waals surface area contributed by atoms with Crippen LogP contribution in [-0.4, -0.2) is 54.8 Å². The third-order valence-corrected chi connectivity index (χ3v) is 3.98. The number of likely N-dealkylation sites (tertiary alicyclic amines) is 1. The molecule has 1 aromatic rings. The summed E-state index contributed by atoms with van der Waals surface area (Å²) in [7, 11) is 3.72. The Morgan fingerprint density at radius 3 is 2.68 bits per heavy atom. The van der Waals surface area contributed by atoms with Crippen molar-refractivity contribution in [1.82, 2.24) is 15.1 Å². The molecule has 1 atom stereocenters. The molecule has 1 saturated heterocycles. The van der Waals surface area contributed by atoms with Crippen molar-refractivity contribution >= 4 is 11.8 Å². The Labute approximate surface area is 132 Å². The lowest BCUT2D eigenvalue weighted by Crippen LogP contribution is -2.50. The number of carbonyl (C=O) groups excluding carboxylic acids is 2. The minimum absolute atomic E-state index is 0.0161. The van der Waals surface area contributed by atoms with Crippen LogP contribution < -0.4 is 5.32 Å². The SMILES string of the molecule is Cc1ccc(CN(C)CC(=O)NC2CCC(=O)N(C)C2)cc1. The van der Waals surface area contributed by atoms with Gasteiger partial charge in [-0.25, -0.2) is 0 Å². The zero-order chi connectivity index (χ0) is 16.1. The number of nitrogens with zero attached hydrogens (tertiary/aromatic N) is 2. The summed E-state index contributed by atoms with van der Waals surface area (Å²) in [6, 6.07) is 8.41. The lowest BCUT2D eigenvalue weighted by Gasteiger charge is -2.30. The van der Waals surface area contributed by atoms with Crippen LogP contribution in [0.15, 0.2) is 24.3 Å². The third kappa shape index (κ3) is 4.84. The minimum Gasteiger partial charge on any atom is -0.350 e. The second-order valence-electron chi connectivity index (χ2n) is 6.24. The van der Waals surface area contributed by atoms with Crippen LogP contribution in [-0.2, 0) is 16.1 Å². The Bertz CT molecular complexity index is 527. The smallest absolute Gasteiger partial charge is 0.234 e. The van der Waals surface area contributed by atoms with Gasteiger partial charge in [0.15, 0.2) is 0 Å². The first kappa shape index (κ1) is 16.5. The summed E-state index contributed by atoms with van der Waals surface area (Å²) in [4.78, 5) is 27.2. The maximum absolute atomic E-state index is 12.1. The molecular weight excluding hydrogens is 278 g/mol. The number of benzene rings is 1. The van der Waals surface area contributed by atoms with Crippen LogP contribution in [0.3, 0.4) is 0 Å². The lowest BCUT2D eigenvalue weighted by molar-refractivity contribution is -0.134. The monoisotopic (exact) mass is 303 g/mol. The molecule has 1 N–H and O–H groups in total. The Hall–Kier alpha value is -1.88. The number of amides is 2. The Balaban J connectivity index is 1.76. The molecule has 0 aliphatic carbocycles. The van der Waals surface area contributed by atoms with E-state index in [-0.39, 0.29) is 17.9 Å². The minimum atomic E-state index is 0.0161. The highest BCUT2D eigenvalue weighted by molar-refractivity contribution is 5.80. The van der Waals surface area contributed by atoms with E-state index in [1.165, 1.54) is 11.1 Å². The molecule has 0 saturated carbocycles. The van der Waals surface area contributed by atoms with Gasteiger partial charge in [0, 0.05) is 32.6 Å². The molecule has 0 bridgehead atoms. The number of likely N-dealkylation sites (N-methyl/N-ethyl adjacent to an activating group) is 2. The number of rotatable bonds is 5. The number of hydrogen-bond donors (Lipinski definition) is 1. The maximum atomic E-state index is 12.1. The van der Waals surface area contributed by atoms with Crippen LogP contribution in [0.25, 0.3) is 0 Å². The van der Waals surface area contributed by atoms with E-state index in [0.29, 0.717) is 19.5 Å². The topological polar surface area (TPSA) is 52.7 Å². The number of piperidine rings is 1. The van der Waals surface area contributed by atoms with Crippen LogP contribution in [0.4, 0.5) is 0 Å². The standard InChI is InChI=1S/C17H25N3O2/c1-13-4-6-14(7-5-13)10-19(2)12-16(21)18-15-8-9-17(22)20(3)11-15/h4-7,15H,8-12H2,1-3H3,(H,18,21). The van der Waals surface area contributed by atoms with Gasteiger partial charge in [0.2, 0.25) is 11.8 Å². The largest absolute Gasteiger partial charge is 0.350 e. The quantitative estimate of drug-likeness (QED) is 0.888. The van der Waals surface area contributed by atoms with Gasteiger partial charge in [-0.05, 0) is 26.0 Å². The number of aryl methyl sites for hydroxylation is 1. The summed E-state index contributed by atoms with van der Waals surface area (Å²) in [6.45, 7) is 3.78. The van der Waals surface area contributed by atoms with Gasteiger partial charge in [0.05, 0.1) is 6.54 Å². The van der Waals surface area contributed by atoms with Crippen LogP contribution >= 0.6 is 0 Å². The number of hydrogen-bond acceptors (Lipinski definition) is 3. The van der Waals surface area contributed by atoms with E-state index in [9.17, 15) is 9.59 Å². The summed E-state index contributed by atoms with van der Waals surface area (Å²) in [5.41, 5.74) is 2.43. The van der Waals surface area contributed by atoms with E-state index in [2.05, 4.69) is 36.5 Å². The number of nitrogens with one attached hydrogen (secondary N) is 1. The zero-order valence-corrected chi connectivity index (χ0v) is 13.6. The van der Waals surface area contributed by atoms with Crippen molar-refractivity contribution in [3.8, 4) is 0 Å². The van der Waals surface area contributed by atoms with Gasteiger partial charge in [0.25, 0.3) is 0 Å². The molecule has 2 rings (SSSR count). The second-order valence-corrected chi connectivity index (χ2v) is 6.24. The van der Waals surface area contributed by atoms with Gasteiger partial charge in [-0.15, -0.1) is 0 Å². The average Bonchev–Trinajstić information content (AvgIpc) is 2.45. The van der Waals surface area contributed by atoms with Gasteiger partial charge in [-0.3, -0.25) is 14.5 Å². The summed E-state index contributed by atoms with van der Waals surface area (Å²) in [6.07, 6.45) is 1.25. The molecule has 2 amide bonds. The van der Waals surface area contributed by atoms with E-state index in [1.807, 2.05) is 11.9 Å². The molecule has 1 aliphatic rings. The molecule has 1 heterocycles. The predicted octanol–water partition coefficient (Wildman–Crippen LogP) is 1.16. The van der Waals surface area contributed by atoms with E-state index in [4.69, 9.17) is 0 Å². The molecule has 5 heteroatoms. The predicted molar refractivity (Wildman–Crippen MR) is 86.3 cm³/mol. The molecular formula is C17H25N3O2. The fraction of sp³-hybridized carbons (Fsp3) is 0.529. The molecule has 120 valence electrons. The highest BCUT2D eigenvalue weighted by atomic mass is 16.2. The molecule has 1 unspecified atom stereocenters. The van der Waals surface area contributed by atoms with Crippen molar-refractivity contribution < 1.29 is 9.59 Å². The highest BCUT2D eigenvalue weighted by Gasteiger charge is 2.24. The Morgan fingerprint density at radius 1 is 1.36 bits per heavy atom. The van der Waals surface area contributed by atoms with Gasteiger partial charge in [-0.1, -0.05) is 29.8 Å². The molecule has 1 fully saturated rings. The van der Waals surface area contributed by atoms with Crippen molar-refractivity contribution in [2.75, 3.05) is 27.2 Å². The van der Waals surface area contributed by atoms with Gasteiger partial charge < -0.3 is 10.2 Å². The molecule has 5 nitrogen and oxygen atoms in total. The fourth-order valence-electron chi connectivity index (χ4n) is 2.71.